The van der Waals surface area contributed by atoms with Crippen LogP contribution in [-0.2, 0) is 14.5 Å². The summed E-state index contributed by atoms with van der Waals surface area (Å²) >= 11 is 0. The van der Waals surface area contributed by atoms with Crippen LogP contribution in [0.2, 0.25) is 0 Å². The van der Waals surface area contributed by atoms with Crippen molar-refractivity contribution in [2.24, 2.45) is 5.14 Å². The molecule has 0 aliphatic heterocycles. The van der Waals surface area contributed by atoms with Crippen LogP contribution >= 0.6 is 0 Å². The van der Waals surface area contributed by atoms with Crippen molar-refractivity contribution in [3.63, 3.8) is 0 Å². The SMILES string of the molecule is NS(=O)(=O)OC(F)(F)C(F)(F)F.[H-].[Li+]. The van der Waals surface area contributed by atoms with Gasteiger partial charge in [0.15, 0.2) is 0 Å². The average Bonchev–Trinajstić information content (AvgIpc) is 1.52. The van der Waals surface area contributed by atoms with Crippen LogP contribution in [0, 0.1) is 0 Å². The summed E-state index contributed by atoms with van der Waals surface area (Å²) in [5.74, 6) is 0. The molecule has 0 atom stereocenters. The molecule has 0 heterocycles. The van der Waals surface area contributed by atoms with Crippen molar-refractivity contribution in [1.29, 1.82) is 0 Å². The molecule has 0 bridgehead atoms. The van der Waals surface area contributed by atoms with Crippen LogP contribution in [-0.4, -0.2) is 20.7 Å². The minimum Gasteiger partial charge on any atom is -1.00 e. The summed E-state index contributed by atoms with van der Waals surface area (Å²) in [6.45, 7) is 0. The minimum absolute atomic E-state index is 0. The van der Waals surface area contributed by atoms with E-state index in [0.29, 0.717) is 0 Å². The quantitative estimate of drug-likeness (QED) is 0.415. The zero-order valence-corrected chi connectivity index (χ0v) is 6.92. The monoisotopic (exact) mass is 223 g/mol. The largest absolute Gasteiger partial charge is 1.00 e. The molecule has 0 saturated heterocycles. The van der Waals surface area contributed by atoms with Gasteiger partial charge in [-0.1, -0.05) is 0 Å². The second kappa shape index (κ2) is 4.10. The van der Waals surface area contributed by atoms with E-state index in [0.717, 1.165) is 0 Å². The van der Waals surface area contributed by atoms with Gasteiger partial charge in [0, 0.05) is 0 Å². The molecular formula is C2H3F5LiNO3S. The Hall–Kier alpha value is 0.117. The number of rotatable bonds is 2. The number of halogens is 5. The van der Waals surface area contributed by atoms with Gasteiger partial charge in [-0.3, -0.25) is 0 Å². The zero-order chi connectivity index (χ0) is 10.2. The fraction of sp³-hybridized carbons (Fsp3) is 1.00. The number of hydrogen-bond donors (Lipinski definition) is 1. The van der Waals surface area contributed by atoms with Crippen molar-refractivity contribution >= 4 is 10.3 Å². The number of nitrogens with two attached hydrogens (primary N) is 1. The predicted octanol–water partition coefficient (Wildman–Crippen LogP) is -2.52. The van der Waals surface area contributed by atoms with E-state index in [4.69, 9.17) is 0 Å². The van der Waals surface area contributed by atoms with Gasteiger partial charge < -0.3 is 1.43 Å². The van der Waals surface area contributed by atoms with Crippen molar-refractivity contribution in [3.05, 3.63) is 0 Å². The van der Waals surface area contributed by atoms with Crippen LogP contribution in [0.3, 0.4) is 0 Å². The third-order valence-electron chi connectivity index (χ3n) is 0.551. The Morgan fingerprint density at radius 1 is 1.15 bits per heavy atom. The molecule has 0 radical (unpaired) electrons. The van der Waals surface area contributed by atoms with Crippen LogP contribution in [0.25, 0.3) is 0 Å². The second-order valence-corrected chi connectivity index (χ2v) is 2.74. The molecule has 11 heteroatoms. The normalized spacial score (nSPS) is 13.7. The third kappa shape index (κ3) is 5.43. The summed E-state index contributed by atoms with van der Waals surface area (Å²) in [5.41, 5.74) is 0. The van der Waals surface area contributed by atoms with Crippen molar-refractivity contribution in [1.82, 2.24) is 0 Å². The summed E-state index contributed by atoms with van der Waals surface area (Å²) in [6.07, 6.45) is -11.9. The molecule has 4 nitrogen and oxygen atoms in total. The van der Waals surface area contributed by atoms with Crippen LogP contribution in [0.5, 0.6) is 0 Å². The molecule has 0 aliphatic carbocycles. The molecule has 0 aliphatic rings. The first kappa shape index (κ1) is 15.6. The van der Waals surface area contributed by atoms with E-state index in [1.165, 1.54) is 0 Å². The molecule has 0 unspecified atom stereocenters. The third-order valence-corrected chi connectivity index (χ3v) is 0.992. The Kier molecular flexibility index (Phi) is 4.91. The van der Waals surface area contributed by atoms with Gasteiger partial charge in [-0.2, -0.15) is 34.6 Å². The molecule has 13 heavy (non-hydrogen) atoms. The van der Waals surface area contributed by atoms with Gasteiger partial charge in [0.1, 0.15) is 0 Å². The summed E-state index contributed by atoms with van der Waals surface area (Å²) in [6, 6.07) is 0. The van der Waals surface area contributed by atoms with Crippen LogP contribution in [0.1, 0.15) is 1.43 Å². The van der Waals surface area contributed by atoms with Gasteiger partial charge in [-0.25, -0.2) is 5.14 Å². The number of alkyl halides is 5. The molecule has 0 amide bonds. The summed E-state index contributed by atoms with van der Waals surface area (Å²) < 4.78 is 78.4. The van der Waals surface area contributed by atoms with Gasteiger partial charge in [0.2, 0.25) is 0 Å². The van der Waals surface area contributed by atoms with Gasteiger partial charge in [0.25, 0.3) is 0 Å². The van der Waals surface area contributed by atoms with E-state index in [2.05, 4.69) is 9.32 Å². The molecule has 0 aromatic heterocycles. The Morgan fingerprint density at radius 3 is 1.54 bits per heavy atom. The van der Waals surface area contributed by atoms with E-state index >= 15 is 0 Å². The van der Waals surface area contributed by atoms with E-state index in [9.17, 15) is 30.4 Å². The van der Waals surface area contributed by atoms with Crippen LogP contribution in [0.15, 0.2) is 0 Å². The Balaban J connectivity index is -0.000000605. The molecule has 0 aromatic rings. The predicted molar refractivity (Wildman–Crippen MR) is 26.3 cm³/mol. The van der Waals surface area contributed by atoms with Crippen molar-refractivity contribution in [3.8, 4) is 0 Å². The van der Waals surface area contributed by atoms with E-state index in [-0.39, 0.29) is 20.3 Å². The minimum atomic E-state index is -6.11. The molecule has 0 saturated carbocycles. The maximum absolute atomic E-state index is 11.6. The first-order valence-corrected chi connectivity index (χ1v) is 3.61. The van der Waals surface area contributed by atoms with Crippen molar-refractivity contribution < 1.29 is 54.8 Å². The van der Waals surface area contributed by atoms with Gasteiger partial charge in [0.05, 0.1) is 0 Å². The second-order valence-electron chi connectivity index (χ2n) is 1.59. The molecule has 0 fully saturated rings. The van der Waals surface area contributed by atoms with Crippen molar-refractivity contribution in [2.45, 2.75) is 12.3 Å². The summed E-state index contributed by atoms with van der Waals surface area (Å²) in [7, 11) is -5.33. The summed E-state index contributed by atoms with van der Waals surface area (Å²) in [5, 5.41) is 3.79. The standard InChI is InChI=1S/C2H2F5NO3S.Li.H/c3-1(4,5)2(6,7)11-12(8,9)10;;/h(H2,8,9,10);;/q;+1;-1. The molecule has 0 aromatic carbocycles. The van der Waals surface area contributed by atoms with Gasteiger partial charge >= 0.3 is 41.4 Å². The molecular weight excluding hydrogens is 220 g/mol. The average molecular weight is 223 g/mol. The van der Waals surface area contributed by atoms with Gasteiger partial charge in [-0.15, -0.1) is 0 Å². The molecule has 76 valence electrons. The van der Waals surface area contributed by atoms with E-state index < -0.39 is 22.6 Å². The van der Waals surface area contributed by atoms with Crippen molar-refractivity contribution in [2.75, 3.05) is 0 Å². The molecule has 2 N–H and O–H groups in total. The number of hydrogen-bond acceptors (Lipinski definition) is 3. The topological polar surface area (TPSA) is 69.4 Å². The molecule has 0 rings (SSSR count). The Morgan fingerprint density at radius 2 is 1.46 bits per heavy atom. The van der Waals surface area contributed by atoms with E-state index in [1.807, 2.05) is 0 Å². The maximum Gasteiger partial charge on any atom is 1.00 e. The smallest absolute Gasteiger partial charge is 1.00 e. The Bertz CT molecular complexity index is 265. The zero-order valence-electron chi connectivity index (χ0n) is 7.10. The first-order chi connectivity index (χ1) is 4.96. The maximum atomic E-state index is 11.6. The first-order valence-electron chi connectivity index (χ1n) is 2.13. The van der Waals surface area contributed by atoms with Gasteiger partial charge in [-0.05, 0) is 0 Å². The molecule has 0 spiro atoms. The summed E-state index contributed by atoms with van der Waals surface area (Å²) in [4.78, 5) is 0. The fourth-order valence-electron chi connectivity index (χ4n) is 0.193. The van der Waals surface area contributed by atoms with Crippen LogP contribution in [0.4, 0.5) is 22.0 Å². The van der Waals surface area contributed by atoms with E-state index in [1.54, 1.807) is 0 Å². The fourth-order valence-corrected chi connectivity index (χ4v) is 0.579. The Labute approximate surface area is 83.1 Å². The van der Waals surface area contributed by atoms with Crippen LogP contribution < -0.4 is 24.0 Å².